The van der Waals surface area contributed by atoms with Crippen LogP contribution in [-0.2, 0) is 0 Å². The molecule has 23 heavy (non-hydrogen) atoms. The maximum Gasteiger partial charge on any atom is -0.00172 e. The molecule has 4 heteroatoms. The highest BCUT2D eigenvalue weighted by Crippen LogP contribution is 2.40. The van der Waals surface area contributed by atoms with Gasteiger partial charge < -0.3 is 21.3 Å². The summed E-state index contributed by atoms with van der Waals surface area (Å²) in [5.41, 5.74) is 0. The van der Waals surface area contributed by atoms with E-state index in [0.717, 1.165) is 48.6 Å². The zero-order chi connectivity index (χ0) is 16.1. The zero-order valence-electron chi connectivity index (χ0n) is 15.2. The van der Waals surface area contributed by atoms with Crippen LogP contribution in [0.5, 0.6) is 0 Å². The Morgan fingerprint density at radius 2 is 0.739 bits per heavy atom. The van der Waals surface area contributed by atoms with Crippen molar-refractivity contribution in [1.29, 1.82) is 0 Å². The van der Waals surface area contributed by atoms with E-state index >= 15 is 0 Å². The summed E-state index contributed by atoms with van der Waals surface area (Å²) in [6.45, 7) is 14.1. The lowest BCUT2D eigenvalue weighted by atomic mass is 10.2. The van der Waals surface area contributed by atoms with E-state index in [0.29, 0.717) is 0 Å². The molecule has 0 radical (unpaired) electrons. The van der Waals surface area contributed by atoms with Crippen molar-refractivity contribution in [2.75, 3.05) is 52.4 Å². The summed E-state index contributed by atoms with van der Waals surface area (Å²) in [5, 5.41) is 14.4. The van der Waals surface area contributed by atoms with Crippen LogP contribution in [0.3, 0.4) is 0 Å². The summed E-state index contributed by atoms with van der Waals surface area (Å²) >= 11 is 0. The molecule has 4 N–H and O–H groups in total. The molecule has 3 aliphatic rings. The van der Waals surface area contributed by atoms with Crippen LogP contribution in [0.2, 0.25) is 0 Å². The first-order valence-corrected chi connectivity index (χ1v) is 10.1. The molecule has 0 amide bonds. The summed E-state index contributed by atoms with van der Waals surface area (Å²) in [7, 11) is 0. The Hall–Kier alpha value is -0.160. The monoisotopic (exact) mass is 322 g/mol. The Kier molecular flexibility index (Phi) is 6.75. The van der Waals surface area contributed by atoms with E-state index in [1.54, 1.807) is 0 Å². The van der Waals surface area contributed by atoms with E-state index in [4.69, 9.17) is 0 Å². The second-order valence-electron chi connectivity index (χ2n) is 8.20. The summed E-state index contributed by atoms with van der Waals surface area (Å²) in [6, 6.07) is 0. The Morgan fingerprint density at radius 1 is 0.478 bits per heavy atom. The zero-order valence-corrected chi connectivity index (χ0v) is 15.2. The van der Waals surface area contributed by atoms with Gasteiger partial charge in [-0.15, -0.1) is 0 Å². The molecule has 6 atom stereocenters. The van der Waals surface area contributed by atoms with Gasteiger partial charge >= 0.3 is 0 Å². The van der Waals surface area contributed by atoms with Crippen LogP contribution >= 0.6 is 0 Å². The molecule has 0 bridgehead atoms. The van der Waals surface area contributed by atoms with Gasteiger partial charge in [0.15, 0.2) is 0 Å². The molecule has 3 rings (SSSR count). The highest BCUT2D eigenvalue weighted by molar-refractivity contribution is 4.94. The molecular weight excluding hydrogens is 284 g/mol. The Morgan fingerprint density at radius 3 is 1.00 bits per heavy atom. The molecule has 0 aromatic rings. The van der Waals surface area contributed by atoms with Crippen molar-refractivity contribution in [3.63, 3.8) is 0 Å². The predicted molar refractivity (Wildman–Crippen MR) is 97.6 cm³/mol. The lowest BCUT2D eigenvalue weighted by Gasteiger charge is -2.06. The van der Waals surface area contributed by atoms with E-state index < -0.39 is 0 Å². The van der Waals surface area contributed by atoms with E-state index in [2.05, 4.69) is 35.1 Å². The Balaban J connectivity index is 1.11. The average molecular weight is 323 g/mol. The van der Waals surface area contributed by atoms with Crippen LogP contribution in [0.25, 0.3) is 0 Å². The lowest BCUT2D eigenvalue weighted by Crippen LogP contribution is -2.25. The molecule has 0 heterocycles. The molecule has 0 spiro atoms. The van der Waals surface area contributed by atoms with Gasteiger partial charge in [0.05, 0.1) is 0 Å². The quantitative estimate of drug-likeness (QED) is 0.389. The molecular formula is C19H38N4. The minimum atomic E-state index is 0.949. The van der Waals surface area contributed by atoms with E-state index in [9.17, 15) is 0 Å². The summed E-state index contributed by atoms with van der Waals surface area (Å²) in [6.07, 6.45) is 4.31. The van der Waals surface area contributed by atoms with Crippen molar-refractivity contribution in [2.45, 2.75) is 33.1 Å². The van der Waals surface area contributed by atoms with Gasteiger partial charge in [-0.1, -0.05) is 13.8 Å². The SMILES string of the molecule is CCNCC1CC1CNCC1CC1CNCC1CC1CNCC. The molecule has 0 aliphatic heterocycles. The van der Waals surface area contributed by atoms with E-state index in [1.165, 1.54) is 58.5 Å². The fourth-order valence-corrected chi connectivity index (χ4v) is 4.00. The molecule has 3 aliphatic carbocycles. The first-order chi connectivity index (χ1) is 11.3. The fraction of sp³-hybridized carbons (Fsp3) is 1.00. The number of nitrogens with one attached hydrogen (secondary N) is 4. The Labute approximate surface area is 142 Å². The second kappa shape index (κ2) is 8.80. The molecule has 3 fully saturated rings. The van der Waals surface area contributed by atoms with Crippen LogP contribution in [0.1, 0.15) is 33.1 Å². The second-order valence-corrected chi connectivity index (χ2v) is 8.20. The third-order valence-electron chi connectivity index (χ3n) is 6.15. The van der Waals surface area contributed by atoms with Crippen LogP contribution in [-0.4, -0.2) is 52.4 Å². The minimum absolute atomic E-state index is 0.949. The normalized spacial score (nSPS) is 37.8. The molecule has 0 aromatic carbocycles. The highest BCUT2D eigenvalue weighted by atomic mass is 14.9. The van der Waals surface area contributed by atoms with Gasteiger partial charge in [-0.2, -0.15) is 0 Å². The summed E-state index contributed by atoms with van der Waals surface area (Å²) in [5.74, 6) is 5.71. The van der Waals surface area contributed by atoms with E-state index in [1.807, 2.05) is 0 Å². The first kappa shape index (κ1) is 17.7. The van der Waals surface area contributed by atoms with Gasteiger partial charge in [0.1, 0.15) is 0 Å². The average Bonchev–Trinajstić information content (AvgIpc) is 3.43. The van der Waals surface area contributed by atoms with Crippen LogP contribution in [0, 0.1) is 35.5 Å². The predicted octanol–water partition coefficient (Wildman–Crippen LogP) is 1.29. The van der Waals surface area contributed by atoms with Gasteiger partial charge in [0.2, 0.25) is 0 Å². The van der Waals surface area contributed by atoms with Crippen molar-refractivity contribution >= 4 is 0 Å². The number of hydrogen-bond acceptors (Lipinski definition) is 4. The van der Waals surface area contributed by atoms with E-state index in [-0.39, 0.29) is 0 Å². The Bertz CT molecular complexity index is 316. The van der Waals surface area contributed by atoms with Crippen LogP contribution in [0.4, 0.5) is 0 Å². The summed E-state index contributed by atoms with van der Waals surface area (Å²) < 4.78 is 0. The van der Waals surface area contributed by atoms with Gasteiger partial charge in [-0.05, 0) is 107 Å². The standard InChI is InChI=1S/C19H38N4/c1-3-20-8-14-5-16(14)10-22-12-18-7-19(18)13-23-11-17-6-15(17)9-21-4-2/h14-23H,3-13H2,1-2H3. The van der Waals surface area contributed by atoms with Gasteiger partial charge in [-0.25, -0.2) is 0 Å². The summed E-state index contributed by atoms with van der Waals surface area (Å²) in [4.78, 5) is 0. The fourth-order valence-electron chi connectivity index (χ4n) is 4.00. The van der Waals surface area contributed by atoms with Crippen molar-refractivity contribution < 1.29 is 0 Å². The smallest absolute Gasteiger partial charge is 0.00172 e. The minimum Gasteiger partial charge on any atom is -0.317 e. The highest BCUT2D eigenvalue weighted by Gasteiger charge is 2.40. The molecule has 0 saturated heterocycles. The van der Waals surface area contributed by atoms with Gasteiger partial charge in [0, 0.05) is 0 Å². The van der Waals surface area contributed by atoms with Crippen molar-refractivity contribution in [3.05, 3.63) is 0 Å². The molecule has 134 valence electrons. The largest absolute Gasteiger partial charge is 0.317 e. The number of hydrogen-bond donors (Lipinski definition) is 4. The lowest BCUT2D eigenvalue weighted by molar-refractivity contribution is 0.516. The maximum absolute atomic E-state index is 3.72. The van der Waals surface area contributed by atoms with Gasteiger partial charge in [-0.3, -0.25) is 0 Å². The van der Waals surface area contributed by atoms with Crippen LogP contribution < -0.4 is 21.3 Å². The molecule has 6 unspecified atom stereocenters. The maximum atomic E-state index is 3.72. The number of rotatable bonds is 14. The van der Waals surface area contributed by atoms with Gasteiger partial charge in [0.25, 0.3) is 0 Å². The molecule has 0 aromatic heterocycles. The third-order valence-corrected chi connectivity index (χ3v) is 6.15. The molecule has 4 nitrogen and oxygen atoms in total. The first-order valence-electron chi connectivity index (χ1n) is 10.1. The third kappa shape index (κ3) is 6.00. The van der Waals surface area contributed by atoms with Crippen molar-refractivity contribution in [3.8, 4) is 0 Å². The van der Waals surface area contributed by atoms with Crippen LogP contribution in [0.15, 0.2) is 0 Å². The van der Waals surface area contributed by atoms with Crippen molar-refractivity contribution in [1.82, 2.24) is 21.3 Å². The van der Waals surface area contributed by atoms with Crippen molar-refractivity contribution in [2.24, 2.45) is 35.5 Å². The topological polar surface area (TPSA) is 48.1 Å². The molecule has 3 saturated carbocycles.